The quantitative estimate of drug-likeness (QED) is 0.881. The first-order valence-corrected chi connectivity index (χ1v) is 7.71. The van der Waals surface area contributed by atoms with E-state index in [1.807, 2.05) is 0 Å². The van der Waals surface area contributed by atoms with Gasteiger partial charge in [-0.25, -0.2) is 4.98 Å². The van der Waals surface area contributed by atoms with Gasteiger partial charge in [-0.1, -0.05) is 26.8 Å². The van der Waals surface area contributed by atoms with Gasteiger partial charge >= 0.3 is 0 Å². The molecule has 0 aliphatic carbocycles. The topological polar surface area (TPSA) is 28.2 Å². The van der Waals surface area contributed by atoms with Crippen LogP contribution in [0.15, 0.2) is 12.1 Å². The van der Waals surface area contributed by atoms with Crippen molar-refractivity contribution in [2.75, 3.05) is 24.5 Å². The van der Waals surface area contributed by atoms with E-state index in [1.165, 1.54) is 30.5 Å². The van der Waals surface area contributed by atoms with Gasteiger partial charge in [0.2, 0.25) is 0 Å². The molecule has 0 aromatic carbocycles. The summed E-state index contributed by atoms with van der Waals surface area (Å²) >= 11 is 0. The maximum Gasteiger partial charge on any atom is 0.128 e. The van der Waals surface area contributed by atoms with E-state index < -0.39 is 0 Å². The predicted octanol–water partition coefficient (Wildman–Crippen LogP) is 3.30. The molecule has 3 nitrogen and oxygen atoms in total. The second-order valence-corrected chi connectivity index (χ2v) is 5.57. The Bertz CT molecular complexity index is 397. The Balaban J connectivity index is 2.27. The molecule has 1 aromatic heterocycles. The van der Waals surface area contributed by atoms with Gasteiger partial charge in [-0.2, -0.15) is 0 Å². The van der Waals surface area contributed by atoms with Crippen molar-refractivity contribution < 1.29 is 0 Å². The lowest BCUT2D eigenvalue weighted by atomic mass is 10.0. The lowest BCUT2D eigenvalue weighted by molar-refractivity contribution is 0.623. The minimum atomic E-state index is 0.565. The SMILES string of the molecule is CCCN(CCC)c1ccc2c(n1)C(C)CCNC2. The van der Waals surface area contributed by atoms with Gasteiger partial charge in [-0.05, 0) is 43.4 Å². The molecule has 1 atom stereocenters. The number of pyridine rings is 1. The van der Waals surface area contributed by atoms with Crippen LogP contribution in [-0.4, -0.2) is 24.6 Å². The van der Waals surface area contributed by atoms with Crippen molar-refractivity contribution in [3.63, 3.8) is 0 Å². The molecule has 0 saturated heterocycles. The third kappa shape index (κ3) is 3.47. The standard InChI is InChI=1S/C16H27N3/c1-4-10-19(11-5-2)15-7-6-14-12-17-9-8-13(3)16(14)18-15/h6-7,13,17H,4-5,8-12H2,1-3H3. The fourth-order valence-electron chi connectivity index (χ4n) is 2.80. The van der Waals surface area contributed by atoms with Crippen LogP contribution in [0.4, 0.5) is 5.82 Å². The van der Waals surface area contributed by atoms with Crippen molar-refractivity contribution in [2.24, 2.45) is 0 Å². The molecule has 0 bridgehead atoms. The average Bonchev–Trinajstić information content (AvgIpc) is 2.60. The van der Waals surface area contributed by atoms with Crippen LogP contribution in [0.3, 0.4) is 0 Å². The summed E-state index contributed by atoms with van der Waals surface area (Å²) in [4.78, 5) is 7.40. The van der Waals surface area contributed by atoms with Gasteiger partial charge in [0.25, 0.3) is 0 Å². The highest BCUT2D eigenvalue weighted by Gasteiger charge is 2.17. The van der Waals surface area contributed by atoms with Gasteiger partial charge in [0.15, 0.2) is 0 Å². The zero-order valence-electron chi connectivity index (χ0n) is 12.6. The zero-order valence-corrected chi connectivity index (χ0v) is 12.6. The van der Waals surface area contributed by atoms with Crippen LogP contribution in [-0.2, 0) is 6.54 Å². The Morgan fingerprint density at radius 1 is 1.26 bits per heavy atom. The van der Waals surface area contributed by atoms with Gasteiger partial charge in [0.1, 0.15) is 5.82 Å². The molecule has 1 aliphatic heterocycles. The van der Waals surface area contributed by atoms with Crippen molar-refractivity contribution in [3.8, 4) is 0 Å². The normalized spacial score (nSPS) is 18.8. The average molecular weight is 261 g/mol. The molecule has 3 heteroatoms. The molecule has 1 unspecified atom stereocenters. The Morgan fingerprint density at radius 3 is 2.68 bits per heavy atom. The van der Waals surface area contributed by atoms with Gasteiger partial charge in [0, 0.05) is 19.6 Å². The van der Waals surface area contributed by atoms with Crippen molar-refractivity contribution in [1.82, 2.24) is 10.3 Å². The van der Waals surface area contributed by atoms with Crippen molar-refractivity contribution in [3.05, 3.63) is 23.4 Å². The molecule has 0 radical (unpaired) electrons. The molecule has 2 heterocycles. The van der Waals surface area contributed by atoms with Crippen molar-refractivity contribution in [1.29, 1.82) is 0 Å². The maximum absolute atomic E-state index is 4.98. The molecule has 1 aliphatic rings. The van der Waals surface area contributed by atoms with Crippen LogP contribution in [0.25, 0.3) is 0 Å². The lowest BCUT2D eigenvalue weighted by Crippen LogP contribution is -2.26. The summed E-state index contributed by atoms with van der Waals surface area (Å²) in [5, 5.41) is 3.48. The zero-order chi connectivity index (χ0) is 13.7. The third-order valence-electron chi connectivity index (χ3n) is 3.84. The Kier molecular flexibility index (Phi) is 5.20. The molecule has 0 amide bonds. The number of hydrogen-bond donors (Lipinski definition) is 1. The summed E-state index contributed by atoms with van der Waals surface area (Å²) in [6, 6.07) is 4.47. The Labute approximate surface area is 117 Å². The van der Waals surface area contributed by atoms with Gasteiger partial charge in [0.05, 0.1) is 5.69 Å². The highest BCUT2D eigenvalue weighted by Crippen LogP contribution is 2.26. The molecule has 0 spiro atoms. The van der Waals surface area contributed by atoms with E-state index in [2.05, 4.69) is 43.1 Å². The van der Waals surface area contributed by atoms with E-state index >= 15 is 0 Å². The number of nitrogens with zero attached hydrogens (tertiary/aromatic N) is 2. The highest BCUT2D eigenvalue weighted by atomic mass is 15.2. The smallest absolute Gasteiger partial charge is 0.128 e. The first-order valence-electron chi connectivity index (χ1n) is 7.71. The summed E-state index contributed by atoms with van der Waals surface area (Å²) < 4.78 is 0. The minimum absolute atomic E-state index is 0.565. The largest absolute Gasteiger partial charge is 0.357 e. The summed E-state index contributed by atoms with van der Waals surface area (Å²) in [6.07, 6.45) is 3.54. The minimum Gasteiger partial charge on any atom is -0.357 e. The lowest BCUT2D eigenvalue weighted by Gasteiger charge is -2.24. The van der Waals surface area contributed by atoms with Crippen LogP contribution in [0, 0.1) is 0 Å². The van der Waals surface area contributed by atoms with E-state index in [4.69, 9.17) is 4.98 Å². The summed E-state index contributed by atoms with van der Waals surface area (Å²) in [5.41, 5.74) is 2.68. The van der Waals surface area contributed by atoms with Crippen LogP contribution in [0.5, 0.6) is 0 Å². The van der Waals surface area contributed by atoms with E-state index in [-0.39, 0.29) is 0 Å². The maximum atomic E-state index is 4.98. The fraction of sp³-hybridized carbons (Fsp3) is 0.688. The molecular formula is C16H27N3. The Hall–Kier alpha value is -1.09. The second kappa shape index (κ2) is 6.90. The highest BCUT2D eigenvalue weighted by molar-refractivity contribution is 5.43. The number of rotatable bonds is 5. The first-order chi connectivity index (χ1) is 9.26. The fourth-order valence-corrected chi connectivity index (χ4v) is 2.80. The third-order valence-corrected chi connectivity index (χ3v) is 3.84. The molecule has 0 saturated carbocycles. The Morgan fingerprint density at radius 2 is 2.00 bits per heavy atom. The van der Waals surface area contributed by atoms with Crippen LogP contribution < -0.4 is 10.2 Å². The number of nitrogens with one attached hydrogen (secondary N) is 1. The number of aromatic nitrogens is 1. The summed E-state index contributed by atoms with van der Waals surface area (Å²) in [5.74, 6) is 1.73. The van der Waals surface area contributed by atoms with Crippen molar-refractivity contribution >= 4 is 5.82 Å². The molecule has 0 fully saturated rings. The monoisotopic (exact) mass is 261 g/mol. The van der Waals surface area contributed by atoms with E-state index in [9.17, 15) is 0 Å². The van der Waals surface area contributed by atoms with Crippen LogP contribution >= 0.6 is 0 Å². The van der Waals surface area contributed by atoms with Gasteiger partial charge in [-0.15, -0.1) is 0 Å². The van der Waals surface area contributed by atoms with Crippen LogP contribution in [0.1, 0.15) is 57.2 Å². The molecule has 1 aromatic rings. The van der Waals surface area contributed by atoms with E-state index in [1.54, 1.807) is 0 Å². The summed E-state index contributed by atoms with van der Waals surface area (Å²) in [6.45, 7) is 11.0. The molecule has 1 N–H and O–H groups in total. The number of hydrogen-bond acceptors (Lipinski definition) is 3. The number of fused-ring (bicyclic) bond motifs is 1. The van der Waals surface area contributed by atoms with Crippen LogP contribution in [0.2, 0.25) is 0 Å². The molecular weight excluding hydrogens is 234 g/mol. The van der Waals surface area contributed by atoms with Gasteiger partial charge < -0.3 is 10.2 Å². The van der Waals surface area contributed by atoms with E-state index in [0.717, 1.165) is 32.0 Å². The number of anilines is 1. The summed E-state index contributed by atoms with van der Waals surface area (Å²) in [7, 11) is 0. The van der Waals surface area contributed by atoms with Crippen molar-refractivity contribution in [2.45, 2.75) is 52.5 Å². The molecule has 2 rings (SSSR count). The molecule has 19 heavy (non-hydrogen) atoms. The van der Waals surface area contributed by atoms with Gasteiger partial charge in [-0.3, -0.25) is 0 Å². The molecule has 106 valence electrons. The second-order valence-electron chi connectivity index (χ2n) is 5.57. The van der Waals surface area contributed by atoms with E-state index in [0.29, 0.717) is 5.92 Å². The predicted molar refractivity (Wildman–Crippen MR) is 81.8 cm³/mol. The first kappa shape index (κ1) is 14.3.